The second-order valence-corrected chi connectivity index (χ2v) is 7.70. The molecule has 0 aromatic heterocycles. The quantitative estimate of drug-likeness (QED) is 0.723. The highest BCUT2D eigenvalue weighted by atomic mass is 35.5. The summed E-state index contributed by atoms with van der Waals surface area (Å²) in [6.45, 7) is 1.57. The van der Waals surface area contributed by atoms with Gasteiger partial charge in [-0.05, 0) is 49.9 Å². The summed E-state index contributed by atoms with van der Waals surface area (Å²) in [7, 11) is -3.28. The van der Waals surface area contributed by atoms with Crippen LogP contribution in [0.2, 0.25) is 0 Å². The lowest BCUT2D eigenvalue weighted by atomic mass is 10.00. The number of rotatable bonds is 6. The van der Waals surface area contributed by atoms with E-state index in [2.05, 4.69) is 10.0 Å². The summed E-state index contributed by atoms with van der Waals surface area (Å²) in [5.41, 5.74) is 7.10. The van der Waals surface area contributed by atoms with Crippen LogP contribution in [0.15, 0.2) is 24.3 Å². The van der Waals surface area contributed by atoms with E-state index in [0.717, 1.165) is 19.3 Å². The topological polar surface area (TPSA) is 101 Å². The third-order valence-corrected chi connectivity index (χ3v) is 5.29. The van der Waals surface area contributed by atoms with Crippen LogP contribution < -0.4 is 15.8 Å². The van der Waals surface area contributed by atoms with Gasteiger partial charge in [-0.15, -0.1) is 12.4 Å². The zero-order chi connectivity index (χ0) is 16.2. The molecule has 2 rings (SSSR count). The van der Waals surface area contributed by atoms with Crippen molar-refractivity contribution in [1.29, 1.82) is 0 Å². The van der Waals surface area contributed by atoms with E-state index in [4.69, 9.17) is 5.73 Å². The summed E-state index contributed by atoms with van der Waals surface area (Å²) in [5.74, 6) is 0.229. The second-order valence-electron chi connectivity index (χ2n) is 5.69. The predicted octanol–water partition coefficient (Wildman–Crippen LogP) is 2.33. The van der Waals surface area contributed by atoms with E-state index in [9.17, 15) is 13.2 Å². The van der Waals surface area contributed by atoms with Crippen LogP contribution in [0.1, 0.15) is 32.6 Å². The number of hydrogen-bond donors (Lipinski definition) is 3. The number of carbonyl (C=O) groups excluding carboxylic acids is 1. The molecule has 4 N–H and O–H groups in total. The Labute approximate surface area is 143 Å². The van der Waals surface area contributed by atoms with Crippen LogP contribution in [-0.2, 0) is 14.8 Å². The highest BCUT2D eigenvalue weighted by Gasteiger charge is 2.25. The lowest BCUT2D eigenvalue weighted by Crippen LogP contribution is -2.28. The first kappa shape index (κ1) is 19.7. The normalized spacial score (nSPS) is 20.6. The maximum absolute atomic E-state index is 12.0. The number of amides is 1. The molecule has 1 fully saturated rings. The molecular formula is C15H24ClN3O3S. The third-order valence-electron chi connectivity index (χ3n) is 3.99. The van der Waals surface area contributed by atoms with Crippen LogP contribution in [0.25, 0.3) is 0 Å². The van der Waals surface area contributed by atoms with Gasteiger partial charge in [0, 0.05) is 23.8 Å². The zero-order valence-corrected chi connectivity index (χ0v) is 14.8. The van der Waals surface area contributed by atoms with Gasteiger partial charge in [-0.25, -0.2) is 8.42 Å². The highest BCUT2D eigenvalue weighted by molar-refractivity contribution is 7.92. The van der Waals surface area contributed by atoms with E-state index in [0.29, 0.717) is 17.8 Å². The fourth-order valence-electron chi connectivity index (χ4n) is 2.64. The molecule has 2 atom stereocenters. The standard InChI is InChI=1S/C15H23N3O3S.ClH/c1-2-22(20,21)18-13-8-6-12(7-9-13)17-15(19)10-11-4-3-5-14(11)16;/h6-9,11,14,18H,2-5,10,16H2,1H3,(H,17,19);1H/t11-,14+;/m0./s1. The van der Waals surface area contributed by atoms with E-state index < -0.39 is 10.0 Å². The molecular weight excluding hydrogens is 338 g/mol. The fraction of sp³-hybridized carbons (Fsp3) is 0.533. The van der Waals surface area contributed by atoms with Crippen molar-refractivity contribution < 1.29 is 13.2 Å². The molecule has 23 heavy (non-hydrogen) atoms. The van der Waals surface area contributed by atoms with E-state index in [1.165, 1.54) is 0 Å². The summed E-state index contributed by atoms with van der Waals surface area (Å²) in [4.78, 5) is 12.0. The largest absolute Gasteiger partial charge is 0.327 e. The molecule has 1 aliphatic rings. The highest BCUT2D eigenvalue weighted by Crippen LogP contribution is 2.27. The van der Waals surface area contributed by atoms with Crippen LogP contribution in [0.3, 0.4) is 0 Å². The van der Waals surface area contributed by atoms with Crippen molar-refractivity contribution in [2.24, 2.45) is 11.7 Å². The number of benzene rings is 1. The first-order valence-electron chi connectivity index (χ1n) is 7.55. The Balaban J connectivity index is 0.00000264. The SMILES string of the molecule is CCS(=O)(=O)Nc1ccc(NC(=O)C[C@@H]2CCC[C@H]2N)cc1.Cl. The van der Waals surface area contributed by atoms with Gasteiger partial charge in [-0.2, -0.15) is 0 Å². The molecule has 0 radical (unpaired) electrons. The van der Waals surface area contributed by atoms with Gasteiger partial charge in [0.15, 0.2) is 0 Å². The molecule has 130 valence electrons. The van der Waals surface area contributed by atoms with Crippen molar-refractivity contribution >= 4 is 39.7 Å². The molecule has 6 nitrogen and oxygen atoms in total. The van der Waals surface area contributed by atoms with Gasteiger partial charge in [-0.3, -0.25) is 9.52 Å². The third kappa shape index (κ3) is 6.01. The lowest BCUT2D eigenvalue weighted by Gasteiger charge is -2.15. The predicted molar refractivity (Wildman–Crippen MR) is 95.3 cm³/mol. The minimum absolute atomic E-state index is 0. The van der Waals surface area contributed by atoms with Gasteiger partial charge in [0.05, 0.1) is 5.75 Å². The molecule has 8 heteroatoms. The Morgan fingerprint density at radius 1 is 1.22 bits per heavy atom. The number of nitrogens with two attached hydrogens (primary N) is 1. The first-order valence-corrected chi connectivity index (χ1v) is 9.21. The van der Waals surface area contributed by atoms with E-state index in [1.54, 1.807) is 31.2 Å². The van der Waals surface area contributed by atoms with Crippen molar-refractivity contribution in [3.63, 3.8) is 0 Å². The summed E-state index contributed by atoms with van der Waals surface area (Å²) in [5, 5.41) is 2.82. The summed E-state index contributed by atoms with van der Waals surface area (Å²) < 4.78 is 25.4. The van der Waals surface area contributed by atoms with Gasteiger partial charge in [0.1, 0.15) is 0 Å². The average molecular weight is 362 g/mol. The first-order chi connectivity index (χ1) is 10.4. The molecule has 0 heterocycles. The fourth-order valence-corrected chi connectivity index (χ4v) is 3.28. The Bertz CT molecular complexity index is 619. The van der Waals surface area contributed by atoms with Gasteiger partial charge >= 0.3 is 0 Å². The number of anilines is 2. The minimum Gasteiger partial charge on any atom is -0.327 e. The number of hydrogen-bond acceptors (Lipinski definition) is 4. The van der Waals surface area contributed by atoms with Gasteiger partial charge in [-0.1, -0.05) is 6.42 Å². The van der Waals surface area contributed by atoms with E-state index in [-0.39, 0.29) is 36.0 Å². The summed E-state index contributed by atoms with van der Waals surface area (Å²) in [6.07, 6.45) is 3.52. The molecule has 1 aliphatic carbocycles. The van der Waals surface area contributed by atoms with Crippen molar-refractivity contribution in [3.8, 4) is 0 Å². The molecule has 0 bridgehead atoms. The molecule has 1 aromatic carbocycles. The van der Waals surface area contributed by atoms with Crippen LogP contribution in [0.5, 0.6) is 0 Å². The maximum atomic E-state index is 12.0. The van der Waals surface area contributed by atoms with Gasteiger partial charge in [0.25, 0.3) is 0 Å². The van der Waals surface area contributed by atoms with Gasteiger partial charge in [0.2, 0.25) is 15.9 Å². The number of sulfonamides is 1. The minimum atomic E-state index is -3.28. The van der Waals surface area contributed by atoms with Crippen molar-refractivity contribution in [2.75, 3.05) is 15.8 Å². The van der Waals surface area contributed by atoms with Crippen LogP contribution >= 0.6 is 12.4 Å². The van der Waals surface area contributed by atoms with Crippen molar-refractivity contribution in [2.45, 2.75) is 38.6 Å². The van der Waals surface area contributed by atoms with Crippen LogP contribution in [0.4, 0.5) is 11.4 Å². The molecule has 1 aromatic rings. The van der Waals surface area contributed by atoms with E-state index >= 15 is 0 Å². The Kier molecular flexibility index (Phi) is 7.31. The van der Waals surface area contributed by atoms with Crippen molar-refractivity contribution in [1.82, 2.24) is 0 Å². The zero-order valence-electron chi connectivity index (χ0n) is 13.1. The summed E-state index contributed by atoms with van der Waals surface area (Å²) >= 11 is 0. The molecule has 0 aliphatic heterocycles. The Morgan fingerprint density at radius 3 is 2.35 bits per heavy atom. The molecule has 0 unspecified atom stereocenters. The van der Waals surface area contributed by atoms with Crippen LogP contribution in [0, 0.1) is 5.92 Å². The Hall–Kier alpha value is -1.31. The van der Waals surface area contributed by atoms with Crippen LogP contribution in [-0.4, -0.2) is 26.1 Å². The summed E-state index contributed by atoms with van der Waals surface area (Å²) in [6, 6.07) is 6.74. The smallest absolute Gasteiger partial charge is 0.232 e. The monoisotopic (exact) mass is 361 g/mol. The Morgan fingerprint density at radius 2 is 1.83 bits per heavy atom. The molecule has 1 amide bonds. The maximum Gasteiger partial charge on any atom is 0.232 e. The van der Waals surface area contributed by atoms with Crippen molar-refractivity contribution in [3.05, 3.63) is 24.3 Å². The number of carbonyl (C=O) groups is 1. The molecule has 0 saturated heterocycles. The second kappa shape index (κ2) is 8.52. The van der Waals surface area contributed by atoms with Gasteiger partial charge < -0.3 is 11.1 Å². The molecule has 1 saturated carbocycles. The number of halogens is 1. The van der Waals surface area contributed by atoms with E-state index in [1.807, 2.05) is 0 Å². The lowest BCUT2D eigenvalue weighted by molar-refractivity contribution is -0.117. The number of nitrogens with one attached hydrogen (secondary N) is 2. The molecule has 0 spiro atoms. The average Bonchev–Trinajstić information content (AvgIpc) is 2.86.